The standard InChI is InChI=1S/C19H22N4O/c1-14(15-5-3-2-4-6-15)23-16-7-8-17(23)13-22(12-16)19(24)18-11-20-9-10-21-18/h2-6,9-11,14,16-17H,7-8,12-13H2,1H3. The molecule has 3 heterocycles. The molecule has 3 atom stereocenters. The van der Waals surface area contributed by atoms with Crippen LogP contribution in [0.25, 0.3) is 0 Å². The molecule has 3 unspecified atom stereocenters. The lowest BCUT2D eigenvalue weighted by atomic mass is 10.0. The van der Waals surface area contributed by atoms with Crippen LogP contribution < -0.4 is 0 Å². The predicted octanol–water partition coefficient (Wildman–Crippen LogP) is 2.53. The summed E-state index contributed by atoms with van der Waals surface area (Å²) < 4.78 is 0. The minimum absolute atomic E-state index is 0.00649. The molecular formula is C19H22N4O. The number of fused-ring (bicyclic) bond motifs is 2. The SMILES string of the molecule is CC(c1ccccc1)N1C2CCC1CN(C(=O)c1cnccn1)C2. The van der Waals surface area contributed by atoms with Crippen LogP contribution >= 0.6 is 0 Å². The Morgan fingerprint density at radius 1 is 1.12 bits per heavy atom. The van der Waals surface area contributed by atoms with Crippen molar-refractivity contribution < 1.29 is 4.79 Å². The van der Waals surface area contributed by atoms with Gasteiger partial charge in [-0.25, -0.2) is 4.98 Å². The van der Waals surface area contributed by atoms with E-state index in [1.54, 1.807) is 18.6 Å². The third-order valence-corrected chi connectivity index (χ3v) is 5.34. The number of likely N-dealkylation sites (tertiary alicyclic amines) is 1. The van der Waals surface area contributed by atoms with Gasteiger partial charge in [-0.1, -0.05) is 30.3 Å². The van der Waals surface area contributed by atoms with Gasteiger partial charge in [-0.3, -0.25) is 14.7 Å². The summed E-state index contributed by atoms with van der Waals surface area (Å²) in [4.78, 5) is 25.4. The van der Waals surface area contributed by atoms with Gasteiger partial charge in [0.1, 0.15) is 5.69 Å². The zero-order chi connectivity index (χ0) is 16.5. The summed E-state index contributed by atoms with van der Waals surface area (Å²) in [7, 11) is 0. The Balaban J connectivity index is 1.51. The van der Waals surface area contributed by atoms with E-state index in [-0.39, 0.29) is 5.91 Å². The Hall–Kier alpha value is -2.27. The van der Waals surface area contributed by atoms with E-state index in [1.807, 2.05) is 4.90 Å². The molecule has 2 aliphatic rings. The van der Waals surface area contributed by atoms with Crippen molar-refractivity contribution in [2.75, 3.05) is 13.1 Å². The lowest BCUT2D eigenvalue weighted by Gasteiger charge is -2.44. The molecule has 1 aromatic heterocycles. The van der Waals surface area contributed by atoms with E-state index in [1.165, 1.54) is 5.56 Å². The Labute approximate surface area is 142 Å². The fourth-order valence-electron chi connectivity index (χ4n) is 4.21. The van der Waals surface area contributed by atoms with Crippen molar-refractivity contribution in [1.29, 1.82) is 0 Å². The van der Waals surface area contributed by atoms with Crippen molar-refractivity contribution in [3.63, 3.8) is 0 Å². The van der Waals surface area contributed by atoms with Crippen molar-refractivity contribution in [1.82, 2.24) is 19.8 Å². The van der Waals surface area contributed by atoms with Crippen molar-refractivity contribution in [2.24, 2.45) is 0 Å². The van der Waals surface area contributed by atoms with Gasteiger partial charge in [-0.05, 0) is 25.3 Å². The molecule has 2 aliphatic heterocycles. The Morgan fingerprint density at radius 2 is 1.83 bits per heavy atom. The highest BCUT2D eigenvalue weighted by Crippen LogP contribution is 2.37. The topological polar surface area (TPSA) is 49.3 Å². The minimum Gasteiger partial charge on any atom is -0.334 e. The number of amides is 1. The quantitative estimate of drug-likeness (QED) is 0.871. The number of hydrogen-bond acceptors (Lipinski definition) is 4. The van der Waals surface area contributed by atoms with E-state index in [2.05, 4.69) is 52.1 Å². The smallest absolute Gasteiger partial charge is 0.274 e. The van der Waals surface area contributed by atoms with Crippen LogP contribution in [0.3, 0.4) is 0 Å². The second-order valence-electron chi connectivity index (χ2n) is 6.72. The molecule has 5 nitrogen and oxygen atoms in total. The Morgan fingerprint density at radius 3 is 2.46 bits per heavy atom. The summed E-state index contributed by atoms with van der Waals surface area (Å²) in [5.41, 5.74) is 1.80. The normalized spacial score (nSPS) is 24.8. The Kier molecular flexibility index (Phi) is 4.02. The first-order valence-corrected chi connectivity index (χ1v) is 8.61. The van der Waals surface area contributed by atoms with Crippen molar-refractivity contribution in [3.8, 4) is 0 Å². The van der Waals surface area contributed by atoms with E-state index in [4.69, 9.17) is 0 Å². The molecule has 0 spiro atoms. The van der Waals surface area contributed by atoms with Crippen LogP contribution in [-0.2, 0) is 0 Å². The molecule has 0 N–H and O–H groups in total. The van der Waals surface area contributed by atoms with Crippen LogP contribution in [0.1, 0.15) is 41.9 Å². The van der Waals surface area contributed by atoms with E-state index in [9.17, 15) is 4.79 Å². The molecule has 2 fully saturated rings. The zero-order valence-corrected chi connectivity index (χ0v) is 13.9. The highest BCUT2D eigenvalue weighted by Gasteiger charge is 2.43. The number of rotatable bonds is 3. The van der Waals surface area contributed by atoms with Gasteiger partial charge in [-0.15, -0.1) is 0 Å². The minimum atomic E-state index is 0.00649. The molecule has 4 rings (SSSR count). The maximum atomic E-state index is 12.7. The highest BCUT2D eigenvalue weighted by atomic mass is 16.2. The molecule has 1 amide bonds. The van der Waals surface area contributed by atoms with Crippen LogP contribution in [0.15, 0.2) is 48.9 Å². The van der Waals surface area contributed by atoms with Crippen LogP contribution in [0, 0.1) is 0 Å². The van der Waals surface area contributed by atoms with Gasteiger partial charge in [-0.2, -0.15) is 0 Å². The fourth-order valence-corrected chi connectivity index (χ4v) is 4.21. The highest BCUT2D eigenvalue weighted by molar-refractivity contribution is 5.92. The molecule has 24 heavy (non-hydrogen) atoms. The molecule has 5 heteroatoms. The Bertz CT molecular complexity index is 692. The molecule has 1 aromatic carbocycles. The maximum absolute atomic E-state index is 12.7. The molecule has 2 aromatic rings. The monoisotopic (exact) mass is 322 g/mol. The summed E-state index contributed by atoms with van der Waals surface area (Å²) in [6.45, 7) is 3.84. The van der Waals surface area contributed by atoms with Crippen molar-refractivity contribution >= 4 is 5.91 Å². The van der Waals surface area contributed by atoms with E-state index >= 15 is 0 Å². The van der Waals surface area contributed by atoms with Crippen molar-refractivity contribution in [2.45, 2.75) is 37.9 Å². The number of benzene rings is 1. The lowest BCUT2D eigenvalue weighted by molar-refractivity contribution is 0.0298. The van der Waals surface area contributed by atoms with Crippen LogP contribution in [0.5, 0.6) is 0 Å². The summed E-state index contributed by atoms with van der Waals surface area (Å²) in [6.07, 6.45) is 7.05. The maximum Gasteiger partial charge on any atom is 0.274 e. The average Bonchev–Trinajstić information content (AvgIpc) is 2.91. The average molecular weight is 322 g/mol. The number of carbonyl (C=O) groups excluding carboxylic acids is 1. The summed E-state index contributed by atoms with van der Waals surface area (Å²) in [6, 6.07) is 11.9. The summed E-state index contributed by atoms with van der Waals surface area (Å²) >= 11 is 0. The molecule has 0 aliphatic carbocycles. The van der Waals surface area contributed by atoms with Gasteiger partial charge in [0.15, 0.2) is 0 Å². The number of carbonyl (C=O) groups is 1. The summed E-state index contributed by atoms with van der Waals surface area (Å²) in [5, 5.41) is 0. The first-order chi connectivity index (χ1) is 11.7. The van der Waals surface area contributed by atoms with Gasteiger partial charge >= 0.3 is 0 Å². The van der Waals surface area contributed by atoms with E-state index in [0.717, 1.165) is 25.9 Å². The van der Waals surface area contributed by atoms with Gasteiger partial charge in [0.2, 0.25) is 0 Å². The number of nitrogens with zero attached hydrogens (tertiary/aromatic N) is 4. The molecule has 0 radical (unpaired) electrons. The zero-order valence-electron chi connectivity index (χ0n) is 13.9. The second-order valence-corrected chi connectivity index (χ2v) is 6.72. The summed E-state index contributed by atoms with van der Waals surface area (Å²) in [5.74, 6) is 0.00649. The first-order valence-electron chi connectivity index (χ1n) is 8.61. The molecule has 0 saturated carbocycles. The van der Waals surface area contributed by atoms with Gasteiger partial charge < -0.3 is 4.90 Å². The lowest BCUT2D eigenvalue weighted by Crippen LogP contribution is -2.55. The fraction of sp³-hybridized carbons (Fsp3) is 0.421. The predicted molar refractivity (Wildman–Crippen MR) is 91.4 cm³/mol. The number of aromatic nitrogens is 2. The molecule has 124 valence electrons. The molecular weight excluding hydrogens is 300 g/mol. The first kappa shape index (κ1) is 15.3. The molecule has 2 saturated heterocycles. The number of hydrogen-bond donors (Lipinski definition) is 0. The van der Waals surface area contributed by atoms with Crippen LogP contribution in [-0.4, -0.2) is 50.8 Å². The van der Waals surface area contributed by atoms with E-state index < -0.39 is 0 Å². The third kappa shape index (κ3) is 2.69. The van der Waals surface area contributed by atoms with Crippen LogP contribution in [0.2, 0.25) is 0 Å². The van der Waals surface area contributed by atoms with Crippen molar-refractivity contribution in [3.05, 3.63) is 60.2 Å². The van der Waals surface area contributed by atoms with Crippen LogP contribution in [0.4, 0.5) is 0 Å². The largest absolute Gasteiger partial charge is 0.334 e. The van der Waals surface area contributed by atoms with E-state index in [0.29, 0.717) is 23.8 Å². The van der Waals surface area contributed by atoms with Gasteiger partial charge in [0, 0.05) is 43.6 Å². The van der Waals surface area contributed by atoms with Gasteiger partial charge in [0.25, 0.3) is 5.91 Å². The second kappa shape index (κ2) is 6.32. The van der Waals surface area contributed by atoms with Gasteiger partial charge in [0.05, 0.1) is 6.20 Å². The molecule has 2 bridgehead atoms. The third-order valence-electron chi connectivity index (χ3n) is 5.34. The number of piperazine rings is 1.